The minimum Gasteiger partial charge on any atom is -0.356 e. The van der Waals surface area contributed by atoms with Gasteiger partial charge in [0.25, 0.3) is 0 Å². The molecule has 3 rings (SSSR count). The van der Waals surface area contributed by atoms with Crippen LogP contribution in [0.3, 0.4) is 0 Å². The molecular formula is C23H29N5O3. The van der Waals surface area contributed by atoms with E-state index in [1.165, 1.54) is 0 Å². The van der Waals surface area contributed by atoms with Gasteiger partial charge < -0.3 is 26.2 Å². The van der Waals surface area contributed by atoms with E-state index in [1.807, 2.05) is 25.1 Å². The van der Waals surface area contributed by atoms with Gasteiger partial charge in [-0.2, -0.15) is 0 Å². The quantitative estimate of drug-likeness (QED) is 0.562. The maximum Gasteiger partial charge on any atom is 0.323 e. The number of amides is 5. The van der Waals surface area contributed by atoms with E-state index in [4.69, 9.17) is 0 Å². The summed E-state index contributed by atoms with van der Waals surface area (Å²) in [6.45, 7) is 3.67. The third-order valence-electron chi connectivity index (χ3n) is 5.03. The normalized spacial score (nSPS) is 15.6. The Morgan fingerprint density at radius 3 is 2.35 bits per heavy atom. The maximum atomic E-state index is 12.7. The minimum atomic E-state index is -0.369. The zero-order valence-corrected chi connectivity index (χ0v) is 17.7. The van der Waals surface area contributed by atoms with Crippen LogP contribution in [0.15, 0.2) is 54.6 Å². The number of hydrogen-bond donors (Lipinski definition) is 4. The standard InChI is InChI=1S/C23H29N5O3/c1-2-13-24-21(29)17-8-7-14-28(16-17)23(31)27-20-12-6-11-19(15-20)26-22(30)25-18-9-4-3-5-10-18/h3-6,9-12,15,17H,2,7-8,13-14,16H2,1H3,(H,24,29)(H,27,31)(H2,25,26,30). The summed E-state index contributed by atoms with van der Waals surface area (Å²) in [6, 6.07) is 15.5. The van der Waals surface area contributed by atoms with E-state index in [9.17, 15) is 14.4 Å². The molecule has 0 bridgehead atoms. The lowest BCUT2D eigenvalue weighted by molar-refractivity contribution is -0.126. The molecule has 1 aliphatic heterocycles. The molecule has 2 aromatic carbocycles. The van der Waals surface area contributed by atoms with Crippen molar-refractivity contribution < 1.29 is 14.4 Å². The molecule has 0 saturated carbocycles. The van der Waals surface area contributed by atoms with Crippen LogP contribution in [0.2, 0.25) is 0 Å². The Bertz CT molecular complexity index is 903. The first-order valence-electron chi connectivity index (χ1n) is 10.6. The number of rotatable bonds is 6. The lowest BCUT2D eigenvalue weighted by atomic mass is 9.97. The molecule has 0 aromatic heterocycles. The Morgan fingerprint density at radius 1 is 0.935 bits per heavy atom. The number of para-hydroxylation sites is 1. The van der Waals surface area contributed by atoms with Gasteiger partial charge in [0, 0.05) is 36.7 Å². The van der Waals surface area contributed by atoms with Crippen LogP contribution in [-0.2, 0) is 4.79 Å². The summed E-state index contributed by atoms with van der Waals surface area (Å²) in [5.41, 5.74) is 1.81. The van der Waals surface area contributed by atoms with Crippen LogP contribution in [-0.4, -0.2) is 42.5 Å². The van der Waals surface area contributed by atoms with E-state index in [2.05, 4.69) is 21.3 Å². The zero-order valence-electron chi connectivity index (χ0n) is 17.7. The number of urea groups is 2. The number of nitrogens with zero attached hydrogens (tertiary/aromatic N) is 1. The number of benzene rings is 2. The molecule has 1 saturated heterocycles. The first kappa shape index (κ1) is 22.1. The third kappa shape index (κ3) is 6.74. The van der Waals surface area contributed by atoms with E-state index in [1.54, 1.807) is 41.3 Å². The second-order valence-corrected chi connectivity index (χ2v) is 7.53. The number of nitrogens with one attached hydrogen (secondary N) is 4. The summed E-state index contributed by atoms with van der Waals surface area (Å²) in [7, 11) is 0. The van der Waals surface area contributed by atoms with Crippen LogP contribution in [0.25, 0.3) is 0 Å². The van der Waals surface area contributed by atoms with Gasteiger partial charge in [-0.1, -0.05) is 31.2 Å². The number of piperidine rings is 1. The molecule has 4 N–H and O–H groups in total. The van der Waals surface area contributed by atoms with Gasteiger partial charge in [0.1, 0.15) is 0 Å². The topological polar surface area (TPSA) is 103 Å². The molecule has 164 valence electrons. The first-order chi connectivity index (χ1) is 15.0. The van der Waals surface area contributed by atoms with Crippen LogP contribution < -0.4 is 21.3 Å². The van der Waals surface area contributed by atoms with E-state index in [-0.39, 0.29) is 23.9 Å². The number of anilines is 3. The Labute approximate surface area is 182 Å². The van der Waals surface area contributed by atoms with Crippen molar-refractivity contribution in [2.45, 2.75) is 26.2 Å². The molecule has 1 aliphatic rings. The maximum absolute atomic E-state index is 12.7. The second kappa shape index (κ2) is 11.0. The van der Waals surface area contributed by atoms with Crippen molar-refractivity contribution in [1.82, 2.24) is 10.2 Å². The van der Waals surface area contributed by atoms with Crippen molar-refractivity contribution in [1.29, 1.82) is 0 Å². The minimum absolute atomic E-state index is 0.00924. The number of carbonyl (C=O) groups is 3. The molecule has 1 unspecified atom stereocenters. The molecule has 0 radical (unpaired) electrons. The molecule has 2 aromatic rings. The Morgan fingerprint density at radius 2 is 1.61 bits per heavy atom. The monoisotopic (exact) mass is 423 g/mol. The fraction of sp³-hybridized carbons (Fsp3) is 0.348. The van der Waals surface area contributed by atoms with Crippen molar-refractivity contribution in [2.24, 2.45) is 5.92 Å². The average Bonchev–Trinajstić information content (AvgIpc) is 2.78. The van der Waals surface area contributed by atoms with Crippen LogP contribution >= 0.6 is 0 Å². The highest BCUT2D eigenvalue weighted by Gasteiger charge is 2.28. The molecule has 8 nitrogen and oxygen atoms in total. The highest BCUT2D eigenvalue weighted by atomic mass is 16.2. The SMILES string of the molecule is CCCNC(=O)C1CCCN(C(=O)Nc2cccc(NC(=O)Nc3ccccc3)c2)C1. The second-order valence-electron chi connectivity index (χ2n) is 7.53. The largest absolute Gasteiger partial charge is 0.356 e. The van der Waals surface area contributed by atoms with E-state index < -0.39 is 0 Å². The predicted molar refractivity (Wildman–Crippen MR) is 122 cm³/mol. The number of likely N-dealkylation sites (tertiary alicyclic amines) is 1. The van der Waals surface area contributed by atoms with Gasteiger partial charge >= 0.3 is 12.1 Å². The van der Waals surface area contributed by atoms with Gasteiger partial charge in [-0.3, -0.25) is 4.79 Å². The summed E-state index contributed by atoms with van der Waals surface area (Å²) in [6.07, 6.45) is 2.46. The summed E-state index contributed by atoms with van der Waals surface area (Å²) in [5.74, 6) is -0.171. The number of carbonyl (C=O) groups excluding carboxylic acids is 3. The average molecular weight is 424 g/mol. The molecule has 0 aliphatic carbocycles. The number of hydrogen-bond acceptors (Lipinski definition) is 3. The van der Waals surface area contributed by atoms with E-state index >= 15 is 0 Å². The fourth-order valence-corrected chi connectivity index (χ4v) is 3.46. The predicted octanol–water partition coefficient (Wildman–Crippen LogP) is 4.10. The molecule has 8 heteroatoms. The molecule has 31 heavy (non-hydrogen) atoms. The molecule has 1 fully saturated rings. The van der Waals surface area contributed by atoms with Crippen LogP contribution in [0.1, 0.15) is 26.2 Å². The molecule has 0 spiro atoms. The van der Waals surface area contributed by atoms with Gasteiger partial charge in [-0.05, 0) is 49.6 Å². The molecular weight excluding hydrogens is 394 g/mol. The summed E-state index contributed by atoms with van der Waals surface area (Å²) in [5, 5.41) is 11.3. The van der Waals surface area contributed by atoms with Crippen molar-refractivity contribution in [3.63, 3.8) is 0 Å². The summed E-state index contributed by atoms with van der Waals surface area (Å²) in [4.78, 5) is 38.8. The Balaban J connectivity index is 1.54. The van der Waals surface area contributed by atoms with Gasteiger partial charge in [0.05, 0.1) is 5.92 Å². The summed E-state index contributed by atoms with van der Waals surface area (Å²) < 4.78 is 0. The van der Waals surface area contributed by atoms with Crippen molar-refractivity contribution in [2.75, 3.05) is 35.6 Å². The zero-order chi connectivity index (χ0) is 22.1. The third-order valence-corrected chi connectivity index (χ3v) is 5.03. The smallest absolute Gasteiger partial charge is 0.323 e. The van der Waals surface area contributed by atoms with Crippen molar-refractivity contribution in [3.05, 3.63) is 54.6 Å². The Kier molecular flexibility index (Phi) is 7.86. The van der Waals surface area contributed by atoms with Crippen LogP contribution in [0.4, 0.5) is 26.7 Å². The highest BCUT2D eigenvalue weighted by Crippen LogP contribution is 2.20. The molecule has 1 atom stereocenters. The van der Waals surface area contributed by atoms with Gasteiger partial charge in [0.2, 0.25) is 5.91 Å². The van der Waals surface area contributed by atoms with Gasteiger partial charge in [-0.25, -0.2) is 9.59 Å². The van der Waals surface area contributed by atoms with Gasteiger partial charge in [-0.15, -0.1) is 0 Å². The van der Waals surface area contributed by atoms with Crippen LogP contribution in [0, 0.1) is 5.92 Å². The first-order valence-corrected chi connectivity index (χ1v) is 10.6. The fourth-order valence-electron chi connectivity index (χ4n) is 3.46. The lowest BCUT2D eigenvalue weighted by Crippen LogP contribution is -2.47. The van der Waals surface area contributed by atoms with E-state index in [0.717, 1.165) is 19.3 Å². The van der Waals surface area contributed by atoms with Crippen molar-refractivity contribution in [3.8, 4) is 0 Å². The Hall–Kier alpha value is -3.55. The van der Waals surface area contributed by atoms with Crippen LogP contribution in [0.5, 0.6) is 0 Å². The van der Waals surface area contributed by atoms with E-state index in [0.29, 0.717) is 36.7 Å². The highest BCUT2D eigenvalue weighted by molar-refractivity contribution is 6.00. The molecule has 1 heterocycles. The van der Waals surface area contributed by atoms with Crippen molar-refractivity contribution >= 4 is 35.0 Å². The summed E-state index contributed by atoms with van der Waals surface area (Å²) >= 11 is 0. The molecule has 5 amide bonds. The van der Waals surface area contributed by atoms with Gasteiger partial charge in [0.15, 0.2) is 0 Å². The lowest BCUT2D eigenvalue weighted by Gasteiger charge is -2.32.